The van der Waals surface area contributed by atoms with E-state index in [0.29, 0.717) is 5.69 Å². The molecular weight excluding hydrogens is 230 g/mol. The second-order valence-corrected chi connectivity index (χ2v) is 4.79. The molecule has 2 rings (SSSR count). The van der Waals surface area contributed by atoms with Crippen LogP contribution in [0.5, 0.6) is 0 Å². The van der Waals surface area contributed by atoms with Gasteiger partial charge in [0, 0.05) is 4.90 Å². The second-order valence-electron chi connectivity index (χ2n) is 2.99. The Balaban J connectivity index is 2.36. The largest absolute Gasteiger partial charge is 0.293 e. The van der Waals surface area contributed by atoms with Crippen LogP contribution in [0.3, 0.4) is 0 Å². The minimum atomic E-state index is -0.182. The quantitative estimate of drug-likeness (QED) is 0.743. The van der Waals surface area contributed by atoms with Gasteiger partial charge in [-0.15, -0.1) is 11.8 Å². The van der Waals surface area contributed by atoms with E-state index in [-0.39, 0.29) is 16.9 Å². The number of nitrogens with zero attached hydrogens (tertiary/aromatic N) is 1. The van der Waals surface area contributed by atoms with Gasteiger partial charge in [0.05, 0.1) is 11.4 Å². The van der Waals surface area contributed by atoms with E-state index in [0.717, 1.165) is 16.7 Å². The summed E-state index contributed by atoms with van der Waals surface area (Å²) in [6.07, 6.45) is 1.96. The summed E-state index contributed by atoms with van der Waals surface area (Å²) in [6.45, 7) is 0. The molecule has 0 saturated carbocycles. The zero-order valence-electron chi connectivity index (χ0n) is 8.10. The Bertz CT molecular complexity index is 404. The van der Waals surface area contributed by atoms with Crippen LogP contribution in [0.2, 0.25) is 0 Å². The molecule has 0 aliphatic carbocycles. The number of imide groups is 1. The summed E-state index contributed by atoms with van der Waals surface area (Å²) in [5.74, 6) is 0.116. The number of amides is 2. The zero-order chi connectivity index (χ0) is 10.8. The van der Waals surface area contributed by atoms with Gasteiger partial charge in [-0.1, -0.05) is 17.8 Å². The van der Waals surface area contributed by atoms with E-state index in [9.17, 15) is 9.59 Å². The highest BCUT2D eigenvalue weighted by Gasteiger charge is 2.31. The molecule has 78 valence electrons. The van der Waals surface area contributed by atoms with Gasteiger partial charge in [0.1, 0.15) is 0 Å². The lowest BCUT2D eigenvalue weighted by Gasteiger charge is -2.13. The first-order valence-corrected chi connectivity index (χ1v) is 6.57. The van der Waals surface area contributed by atoms with Crippen molar-refractivity contribution in [2.45, 2.75) is 4.90 Å². The summed E-state index contributed by atoms with van der Waals surface area (Å²) in [6, 6.07) is 7.44. The van der Waals surface area contributed by atoms with Gasteiger partial charge < -0.3 is 0 Å². The fourth-order valence-electron chi connectivity index (χ4n) is 1.35. The summed E-state index contributed by atoms with van der Waals surface area (Å²) in [7, 11) is 0. The van der Waals surface area contributed by atoms with E-state index in [1.54, 1.807) is 17.8 Å². The molecule has 0 radical (unpaired) electrons. The van der Waals surface area contributed by atoms with Gasteiger partial charge >= 0.3 is 0 Å². The van der Waals surface area contributed by atoms with Crippen molar-refractivity contribution in [3.05, 3.63) is 24.3 Å². The van der Waals surface area contributed by atoms with Gasteiger partial charge in [0.25, 0.3) is 5.24 Å². The summed E-state index contributed by atoms with van der Waals surface area (Å²) in [5, 5.41) is -0.182. The highest BCUT2D eigenvalue weighted by molar-refractivity contribution is 8.15. The van der Waals surface area contributed by atoms with Crippen LogP contribution in [0.1, 0.15) is 0 Å². The Labute approximate surface area is 96.2 Å². The van der Waals surface area contributed by atoms with Gasteiger partial charge in [-0.2, -0.15) is 0 Å². The Morgan fingerprint density at radius 2 is 2.20 bits per heavy atom. The van der Waals surface area contributed by atoms with Crippen LogP contribution in [0.25, 0.3) is 0 Å². The maximum atomic E-state index is 11.5. The number of hydrogen-bond donors (Lipinski definition) is 0. The fourth-order valence-corrected chi connectivity index (χ4v) is 2.52. The van der Waals surface area contributed by atoms with E-state index in [2.05, 4.69) is 0 Å². The third-order valence-electron chi connectivity index (χ3n) is 2.06. The molecule has 0 spiro atoms. The van der Waals surface area contributed by atoms with Crippen molar-refractivity contribution in [2.75, 3.05) is 16.9 Å². The molecule has 0 atom stereocenters. The van der Waals surface area contributed by atoms with Crippen LogP contribution in [0.4, 0.5) is 10.5 Å². The molecule has 1 heterocycles. The monoisotopic (exact) mass is 239 g/mol. The smallest absolute Gasteiger partial charge is 0.273 e. The maximum absolute atomic E-state index is 11.5. The predicted molar refractivity (Wildman–Crippen MR) is 63.6 cm³/mol. The molecule has 0 unspecified atom stereocenters. The molecule has 3 nitrogen and oxygen atoms in total. The van der Waals surface area contributed by atoms with Crippen molar-refractivity contribution in [1.82, 2.24) is 0 Å². The van der Waals surface area contributed by atoms with E-state index in [1.165, 1.54) is 4.90 Å². The first-order valence-electron chi connectivity index (χ1n) is 4.36. The lowest BCUT2D eigenvalue weighted by atomic mass is 10.3. The SMILES string of the molecule is CSc1cccc(N2C(=O)CSC2=O)c1. The summed E-state index contributed by atoms with van der Waals surface area (Å²) in [5.41, 5.74) is 0.668. The van der Waals surface area contributed by atoms with Crippen LogP contribution >= 0.6 is 23.5 Å². The number of carbonyl (C=O) groups excluding carboxylic acids is 2. The molecule has 2 amide bonds. The number of benzene rings is 1. The van der Waals surface area contributed by atoms with Gasteiger partial charge in [-0.05, 0) is 24.5 Å². The van der Waals surface area contributed by atoms with Crippen molar-refractivity contribution >= 4 is 40.4 Å². The number of carbonyl (C=O) groups is 2. The van der Waals surface area contributed by atoms with Crippen LogP contribution in [-0.2, 0) is 4.79 Å². The van der Waals surface area contributed by atoms with Gasteiger partial charge in [0.15, 0.2) is 0 Å². The van der Waals surface area contributed by atoms with Gasteiger partial charge in [-0.3, -0.25) is 9.59 Å². The molecule has 1 aromatic rings. The average molecular weight is 239 g/mol. The highest BCUT2D eigenvalue weighted by Crippen LogP contribution is 2.28. The van der Waals surface area contributed by atoms with Crippen molar-refractivity contribution in [3.8, 4) is 0 Å². The molecule has 1 fully saturated rings. The average Bonchev–Trinajstić information content (AvgIpc) is 2.59. The number of anilines is 1. The van der Waals surface area contributed by atoms with Crippen LogP contribution in [0.15, 0.2) is 29.2 Å². The summed E-state index contributed by atoms with van der Waals surface area (Å²) in [4.78, 5) is 25.2. The lowest BCUT2D eigenvalue weighted by Crippen LogP contribution is -2.27. The Kier molecular flexibility index (Phi) is 3.02. The number of thioether (sulfide) groups is 2. The third kappa shape index (κ3) is 2.03. The molecular formula is C10H9NO2S2. The topological polar surface area (TPSA) is 37.4 Å². The Morgan fingerprint density at radius 3 is 2.80 bits per heavy atom. The molecule has 0 N–H and O–H groups in total. The molecule has 5 heteroatoms. The van der Waals surface area contributed by atoms with Crippen molar-refractivity contribution in [3.63, 3.8) is 0 Å². The molecule has 0 bridgehead atoms. The summed E-state index contributed by atoms with van der Waals surface area (Å²) >= 11 is 2.64. The van der Waals surface area contributed by atoms with E-state index < -0.39 is 0 Å². The third-order valence-corrected chi connectivity index (χ3v) is 3.61. The lowest BCUT2D eigenvalue weighted by molar-refractivity contribution is -0.115. The van der Waals surface area contributed by atoms with Crippen LogP contribution in [-0.4, -0.2) is 23.2 Å². The first-order chi connectivity index (χ1) is 7.22. The number of hydrogen-bond acceptors (Lipinski definition) is 4. The summed E-state index contributed by atoms with van der Waals surface area (Å²) < 4.78 is 0. The highest BCUT2D eigenvalue weighted by atomic mass is 32.2. The van der Waals surface area contributed by atoms with E-state index >= 15 is 0 Å². The Hall–Kier alpha value is -0.940. The maximum Gasteiger partial charge on any atom is 0.293 e. The van der Waals surface area contributed by atoms with Crippen molar-refractivity contribution in [1.29, 1.82) is 0 Å². The van der Waals surface area contributed by atoms with E-state index in [4.69, 9.17) is 0 Å². The minimum Gasteiger partial charge on any atom is -0.273 e. The molecule has 1 aliphatic rings. The van der Waals surface area contributed by atoms with Crippen LogP contribution < -0.4 is 4.90 Å². The van der Waals surface area contributed by atoms with Crippen LogP contribution in [0, 0.1) is 0 Å². The number of rotatable bonds is 2. The molecule has 1 aromatic carbocycles. The molecule has 1 saturated heterocycles. The molecule has 0 aromatic heterocycles. The first kappa shape index (κ1) is 10.6. The van der Waals surface area contributed by atoms with E-state index in [1.807, 2.05) is 24.5 Å². The van der Waals surface area contributed by atoms with Gasteiger partial charge in [0.2, 0.25) is 5.91 Å². The normalized spacial score (nSPS) is 16.2. The minimum absolute atomic E-state index is 0.136. The predicted octanol–water partition coefficient (Wildman–Crippen LogP) is 2.61. The second kappa shape index (κ2) is 4.28. The fraction of sp³-hybridized carbons (Fsp3) is 0.200. The Morgan fingerprint density at radius 1 is 1.40 bits per heavy atom. The zero-order valence-corrected chi connectivity index (χ0v) is 9.73. The molecule has 1 aliphatic heterocycles. The van der Waals surface area contributed by atoms with Gasteiger partial charge in [-0.25, -0.2) is 4.90 Å². The molecule has 15 heavy (non-hydrogen) atoms. The van der Waals surface area contributed by atoms with Crippen molar-refractivity contribution in [2.24, 2.45) is 0 Å². The standard InChI is InChI=1S/C10H9NO2S2/c1-14-8-4-2-3-7(5-8)11-9(12)6-15-10(11)13/h2-5H,6H2,1H3. The van der Waals surface area contributed by atoms with Crippen molar-refractivity contribution < 1.29 is 9.59 Å².